The lowest BCUT2D eigenvalue weighted by molar-refractivity contribution is -0.124. The van der Waals surface area contributed by atoms with Crippen LogP contribution in [0.3, 0.4) is 0 Å². The second kappa shape index (κ2) is 7.81. The number of nitrogens with zero attached hydrogens (tertiary/aromatic N) is 2. The van der Waals surface area contributed by atoms with Gasteiger partial charge >= 0.3 is 0 Å². The van der Waals surface area contributed by atoms with E-state index in [0.717, 1.165) is 24.0 Å². The first-order valence-corrected chi connectivity index (χ1v) is 9.54. The van der Waals surface area contributed by atoms with Gasteiger partial charge in [0, 0.05) is 25.5 Å². The lowest BCUT2D eigenvalue weighted by Crippen LogP contribution is -2.60. The number of aromatic nitrogens is 2. The third kappa shape index (κ3) is 4.08. The van der Waals surface area contributed by atoms with Crippen molar-refractivity contribution < 1.29 is 13.9 Å². The third-order valence-corrected chi connectivity index (χ3v) is 5.15. The number of pyridine rings is 1. The minimum Gasteiger partial charge on any atom is -0.453 e. The average Bonchev–Trinajstić information content (AvgIpc) is 3.04. The fraction of sp³-hybridized carbons (Fsp3) is 0.333. The van der Waals surface area contributed by atoms with Crippen LogP contribution in [0.25, 0.3) is 11.0 Å². The molecule has 1 amide bonds. The van der Waals surface area contributed by atoms with E-state index in [4.69, 9.17) is 10.5 Å². The fourth-order valence-corrected chi connectivity index (χ4v) is 3.59. The van der Waals surface area contributed by atoms with E-state index < -0.39 is 11.9 Å². The number of carbonyl (C=O) groups excluding carboxylic acids is 1. The maximum Gasteiger partial charge on any atom is 0.237 e. The number of hydrogen-bond donors (Lipinski definition) is 3. The molecule has 0 spiro atoms. The average molecular weight is 397 g/mol. The molecule has 152 valence electrons. The van der Waals surface area contributed by atoms with E-state index in [1.807, 2.05) is 20.2 Å². The van der Waals surface area contributed by atoms with E-state index in [1.54, 1.807) is 24.4 Å². The molecule has 0 unspecified atom stereocenters. The molecule has 1 fully saturated rings. The summed E-state index contributed by atoms with van der Waals surface area (Å²) < 4.78 is 20.4. The second-order valence-electron chi connectivity index (χ2n) is 7.61. The van der Waals surface area contributed by atoms with Gasteiger partial charge in [0.1, 0.15) is 11.4 Å². The number of hydrogen-bond acceptors (Lipinski definition) is 5. The van der Waals surface area contributed by atoms with Gasteiger partial charge in [-0.15, -0.1) is 0 Å². The van der Waals surface area contributed by atoms with Gasteiger partial charge in [-0.05, 0) is 49.7 Å². The lowest BCUT2D eigenvalue weighted by atomic mass is 10.0. The topological polar surface area (TPSA) is 96.3 Å². The van der Waals surface area contributed by atoms with Crippen LogP contribution in [0.2, 0.25) is 0 Å². The molecule has 1 atom stereocenters. The smallest absolute Gasteiger partial charge is 0.237 e. The van der Waals surface area contributed by atoms with Gasteiger partial charge in [-0.1, -0.05) is 6.07 Å². The molecular weight excluding hydrogens is 373 g/mol. The van der Waals surface area contributed by atoms with Crippen molar-refractivity contribution >= 4 is 16.9 Å². The first kappa shape index (κ1) is 19.4. The molecule has 3 aromatic rings. The second-order valence-corrected chi connectivity index (χ2v) is 7.61. The summed E-state index contributed by atoms with van der Waals surface area (Å²) >= 11 is 0. The van der Waals surface area contributed by atoms with Crippen LogP contribution in [0.15, 0.2) is 36.7 Å². The predicted molar refractivity (Wildman–Crippen MR) is 108 cm³/mol. The molecule has 0 aliphatic carbocycles. The maximum absolute atomic E-state index is 14.6. The summed E-state index contributed by atoms with van der Waals surface area (Å²) in [6.45, 7) is 3.57. The highest BCUT2D eigenvalue weighted by molar-refractivity contribution is 5.86. The molecule has 1 aromatic carbocycles. The summed E-state index contributed by atoms with van der Waals surface area (Å²) in [5.41, 5.74) is 8.29. The molecule has 4 N–H and O–H groups in total. The van der Waals surface area contributed by atoms with Gasteiger partial charge in [0.15, 0.2) is 11.6 Å². The highest BCUT2D eigenvalue weighted by Crippen LogP contribution is 2.32. The Morgan fingerprint density at radius 3 is 2.93 bits per heavy atom. The van der Waals surface area contributed by atoms with Gasteiger partial charge in [-0.25, -0.2) is 9.37 Å². The summed E-state index contributed by atoms with van der Waals surface area (Å²) in [7, 11) is 1.99. The molecule has 0 saturated carbocycles. The molecule has 0 radical (unpaired) electrons. The van der Waals surface area contributed by atoms with Gasteiger partial charge in [0.2, 0.25) is 5.91 Å². The van der Waals surface area contributed by atoms with Crippen LogP contribution in [0.1, 0.15) is 11.1 Å². The Hall–Kier alpha value is -2.97. The maximum atomic E-state index is 14.6. The van der Waals surface area contributed by atoms with Gasteiger partial charge in [-0.2, -0.15) is 0 Å². The molecule has 1 saturated heterocycles. The summed E-state index contributed by atoms with van der Waals surface area (Å²) in [6, 6.07) is 5.76. The van der Waals surface area contributed by atoms with E-state index in [1.165, 1.54) is 6.07 Å². The zero-order chi connectivity index (χ0) is 20.5. The first-order chi connectivity index (χ1) is 13.9. The number of aryl methyl sites for hydroxylation is 1. The molecule has 29 heavy (non-hydrogen) atoms. The molecule has 2 aromatic heterocycles. The Morgan fingerprint density at radius 1 is 1.41 bits per heavy atom. The molecule has 3 heterocycles. The Labute approximate surface area is 168 Å². The summed E-state index contributed by atoms with van der Waals surface area (Å²) in [6.07, 6.45) is 3.69. The van der Waals surface area contributed by atoms with Crippen molar-refractivity contribution in [3.63, 3.8) is 0 Å². The third-order valence-electron chi connectivity index (χ3n) is 5.15. The number of nitrogens with one attached hydrogen (secondary N) is 2. The highest BCUT2D eigenvalue weighted by Gasteiger charge is 2.26. The van der Waals surface area contributed by atoms with Crippen LogP contribution in [-0.2, 0) is 11.2 Å². The Kier molecular flexibility index (Phi) is 5.21. The molecular formula is C21H24FN5O2. The molecule has 0 bridgehead atoms. The molecule has 8 heteroatoms. The predicted octanol–water partition coefficient (Wildman–Crippen LogP) is 2.10. The van der Waals surface area contributed by atoms with Crippen molar-refractivity contribution in [3.8, 4) is 11.5 Å². The quantitative estimate of drug-likeness (QED) is 0.592. The zero-order valence-electron chi connectivity index (χ0n) is 16.4. The zero-order valence-corrected chi connectivity index (χ0v) is 16.4. The van der Waals surface area contributed by atoms with E-state index in [-0.39, 0.29) is 24.1 Å². The van der Waals surface area contributed by atoms with Crippen LogP contribution in [0.5, 0.6) is 11.5 Å². The van der Waals surface area contributed by atoms with E-state index in [0.29, 0.717) is 17.0 Å². The van der Waals surface area contributed by atoms with Crippen molar-refractivity contribution in [1.82, 2.24) is 20.2 Å². The minimum atomic E-state index is -0.727. The monoisotopic (exact) mass is 397 g/mol. The van der Waals surface area contributed by atoms with Crippen LogP contribution < -0.4 is 15.8 Å². The van der Waals surface area contributed by atoms with E-state index >= 15 is 0 Å². The Morgan fingerprint density at radius 2 is 2.21 bits per heavy atom. The number of fused-ring (bicyclic) bond motifs is 1. The summed E-state index contributed by atoms with van der Waals surface area (Å²) in [4.78, 5) is 21.6. The number of benzene rings is 1. The number of amides is 1. The van der Waals surface area contributed by atoms with Crippen LogP contribution >= 0.6 is 0 Å². The van der Waals surface area contributed by atoms with Crippen molar-refractivity contribution in [2.45, 2.75) is 25.4 Å². The Bertz CT molecular complexity index is 1040. The normalized spacial score (nSPS) is 15.9. The first-order valence-electron chi connectivity index (χ1n) is 9.54. The Balaban J connectivity index is 1.43. The van der Waals surface area contributed by atoms with Gasteiger partial charge in [-0.3, -0.25) is 4.79 Å². The molecule has 1 aliphatic rings. The number of nitrogens with two attached hydrogens (primary N) is 1. The van der Waals surface area contributed by atoms with Gasteiger partial charge in [0.25, 0.3) is 0 Å². The largest absolute Gasteiger partial charge is 0.453 e. The number of carbonyl (C=O) groups is 1. The van der Waals surface area contributed by atoms with Crippen molar-refractivity contribution in [2.75, 3.05) is 20.1 Å². The van der Waals surface area contributed by atoms with E-state index in [9.17, 15) is 9.18 Å². The summed E-state index contributed by atoms with van der Waals surface area (Å²) in [5.74, 6) is -0.0841. The standard InChI is InChI=1S/C21H24FN5O2/c1-12-9-25-20-19(12)18(5-6-24-20)29-17-4-3-13(7-15(17)22)8-16(23)21(28)26-14-10-27(2)11-14/h3-7,9,14,16H,8,10-11,23H2,1-2H3,(H,24,25)(H,26,28)/t16-/m0/s1. The minimum absolute atomic E-state index is 0.109. The number of H-pyrrole nitrogens is 1. The lowest BCUT2D eigenvalue weighted by Gasteiger charge is -2.37. The molecule has 4 rings (SSSR count). The SMILES string of the molecule is Cc1c[nH]c2nccc(Oc3ccc(C[C@H](N)C(=O)NC4CN(C)C4)cc3F)c12. The number of halogens is 1. The number of likely N-dealkylation sites (tertiary alicyclic amines) is 1. The number of likely N-dealkylation sites (N-methyl/N-ethyl adjacent to an activating group) is 1. The number of aromatic amines is 1. The fourth-order valence-electron chi connectivity index (χ4n) is 3.59. The van der Waals surface area contributed by atoms with Gasteiger partial charge in [0.05, 0.1) is 17.5 Å². The van der Waals surface area contributed by atoms with Crippen molar-refractivity contribution in [3.05, 3.63) is 53.6 Å². The van der Waals surface area contributed by atoms with Gasteiger partial charge < -0.3 is 25.7 Å². The van der Waals surface area contributed by atoms with E-state index in [2.05, 4.69) is 20.2 Å². The van der Waals surface area contributed by atoms with Crippen LogP contribution in [-0.4, -0.2) is 53.0 Å². The summed E-state index contributed by atoms with van der Waals surface area (Å²) in [5, 5.41) is 3.73. The van der Waals surface area contributed by atoms with Crippen LogP contribution in [0.4, 0.5) is 4.39 Å². The molecule has 1 aliphatic heterocycles. The number of rotatable bonds is 6. The van der Waals surface area contributed by atoms with Crippen LogP contribution in [0, 0.1) is 12.7 Å². The van der Waals surface area contributed by atoms with Crippen molar-refractivity contribution in [2.24, 2.45) is 5.73 Å². The highest BCUT2D eigenvalue weighted by atomic mass is 19.1. The molecule has 7 nitrogen and oxygen atoms in total. The van der Waals surface area contributed by atoms with Crippen molar-refractivity contribution in [1.29, 1.82) is 0 Å². The number of ether oxygens (including phenoxy) is 1.